The van der Waals surface area contributed by atoms with Gasteiger partial charge in [-0.25, -0.2) is 0 Å². The van der Waals surface area contributed by atoms with Crippen molar-refractivity contribution in [3.63, 3.8) is 0 Å². The van der Waals surface area contributed by atoms with Crippen LogP contribution in [0, 0.1) is 5.92 Å². The third-order valence-electron chi connectivity index (χ3n) is 2.30. The molecule has 0 aromatic carbocycles. The van der Waals surface area contributed by atoms with Gasteiger partial charge in [-0.2, -0.15) is 0 Å². The van der Waals surface area contributed by atoms with E-state index in [1.807, 2.05) is 0 Å². The van der Waals surface area contributed by atoms with Crippen molar-refractivity contribution in [3.8, 4) is 0 Å². The first kappa shape index (κ1) is 8.01. The second kappa shape index (κ2) is 3.03. The lowest BCUT2D eigenvalue weighted by Gasteiger charge is -2.13. The summed E-state index contributed by atoms with van der Waals surface area (Å²) in [7, 11) is 0. The van der Waals surface area contributed by atoms with Crippen molar-refractivity contribution in [3.05, 3.63) is 0 Å². The lowest BCUT2D eigenvalue weighted by molar-refractivity contribution is -0.147. The average molecular weight is 172 g/mol. The second-order valence-electron chi connectivity index (χ2n) is 3.17. The maximum absolute atomic E-state index is 10.7. The van der Waals surface area contributed by atoms with Crippen molar-refractivity contribution in [2.45, 2.75) is 25.7 Å². The van der Waals surface area contributed by atoms with E-state index >= 15 is 0 Å². The number of carbonyl (C=O) groups excluding carboxylic acids is 1. The number of fused-ring (bicyclic) bond motifs is 1. The molecular weight excluding hydrogens is 160 g/mol. The van der Waals surface area contributed by atoms with Gasteiger partial charge in [0.2, 0.25) is 0 Å². The zero-order chi connectivity index (χ0) is 8.55. The van der Waals surface area contributed by atoms with Crippen LogP contribution in [0.15, 0.2) is 0 Å². The molecule has 0 aromatic heterocycles. The van der Waals surface area contributed by atoms with E-state index in [0.717, 1.165) is 6.42 Å². The summed E-state index contributed by atoms with van der Waals surface area (Å²) in [5.74, 6) is 0.0186. The molecule has 2 saturated heterocycles. The van der Waals surface area contributed by atoms with Gasteiger partial charge in [0, 0.05) is 6.92 Å². The number of ether oxygens (including phenoxy) is 3. The van der Waals surface area contributed by atoms with E-state index in [4.69, 9.17) is 14.2 Å². The minimum atomic E-state index is -0.240. The topological polar surface area (TPSA) is 44.8 Å². The Bertz CT molecular complexity index is 191. The van der Waals surface area contributed by atoms with E-state index in [2.05, 4.69) is 0 Å². The Hall–Kier alpha value is -0.610. The van der Waals surface area contributed by atoms with Gasteiger partial charge < -0.3 is 14.2 Å². The SMILES string of the molecule is CC(=O)O[C@@H]1COC2OCCC21. The Morgan fingerprint density at radius 2 is 2.33 bits per heavy atom. The first-order chi connectivity index (χ1) is 5.77. The summed E-state index contributed by atoms with van der Waals surface area (Å²) >= 11 is 0. The monoisotopic (exact) mass is 172 g/mol. The standard InChI is InChI=1S/C8H12O4/c1-5(9)12-7-4-11-8-6(7)2-3-10-8/h6-8H,2-4H2,1H3/t6?,7-,8?/m1/s1. The summed E-state index contributed by atoms with van der Waals surface area (Å²) in [4.78, 5) is 10.7. The van der Waals surface area contributed by atoms with E-state index in [-0.39, 0.29) is 24.3 Å². The minimum Gasteiger partial charge on any atom is -0.460 e. The molecule has 0 radical (unpaired) electrons. The van der Waals surface area contributed by atoms with Gasteiger partial charge in [0.15, 0.2) is 6.29 Å². The lowest BCUT2D eigenvalue weighted by atomic mass is 10.0. The highest BCUT2D eigenvalue weighted by molar-refractivity contribution is 5.66. The van der Waals surface area contributed by atoms with Crippen LogP contribution in [0.5, 0.6) is 0 Å². The predicted octanol–water partition coefficient (Wildman–Crippen LogP) is 0.311. The van der Waals surface area contributed by atoms with Crippen LogP contribution in [0.25, 0.3) is 0 Å². The molecule has 4 heteroatoms. The van der Waals surface area contributed by atoms with Crippen molar-refractivity contribution in [1.29, 1.82) is 0 Å². The van der Waals surface area contributed by atoms with Crippen molar-refractivity contribution in [2.75, 3.05) is 13.2 Å². The third kappa shape index (κ3) is 1.32. The van der Waals surface area contributed by atoms with Gasteiger partial charge in [-0.1, -0.05) is 0 Å². The first-order valence-electron chi connectivity index (χ1n) is 4.18. The minimum absolute atomic E-state index is 0.0880. The van der Waals surface area contributed by atoms with Gasteiger partial charge in [-0.3, -0.25) is 4.79 Å². The van der Waals surface area contributed by atoms with Crippen molar-refractivity contribution in [1.82, 2.24) is 0 Å². The van der Waals surface area contributed by atoms with Crippen molar-refractivity contribution < 1.29 is 19.0 Å². The largest absolute Gasteiger partial charge is 0.460 e. The maximum atomic E-state index is 10.7. The summed E-state index contributed by atoms with van der Waals surface area (Å²) in [5, 5.41) is 0. The van der Waals surface area contributed by atoms with E-state index < -0.39 is 0 Å². The molecule has 2 unspecified atom stereocenters. The molecule has 2 fully saturated rings. The number of hydrogen-bond acceptors (Lipinski definition) is 4. The number of carbonyl (C=O) groups is 1. The molecule has 68 valence electrons. The molecule has 2 heterocycles. The Morgan fingerprint density at radius 3 is 3.08 bits per heavy atom. The predicted molar refractivity (Wildman–Crippen MR) is 39.4 cm³/mol. The molecule has 0 bridgehead atoms. The van der Waals surface area contributed by atoms with Crippen LogP contribution < -0.4 is 0 Å². The fraction of sp³-hybridized carbons (Fsp3) is 0.875. The fourth-order valence-corrected chi connectivity index (χ4v) is 1.76. The van der Waals surface area contributed by atoms with Gasteiger partial charge >= 0.3 is 5.97 Å². The highest BCUT2D eigenvalue weighted by Gasteiger charge is 2.43. The van der Waals surface area contributed by atoms with Gasteiger partial charge in [0.25, 0.3) is 0 Å². The van der Waals surface area contributed by atoms with E-state index in [0.29, 0.717) is 13.2 Å². The van der Waals surface area contributed by atoms with Crippen molar-refractivity contribution in [2.24, 2.45) is 5.92 Å². The molecular formula is C8H12O4. The smallest absolute Gasteiger partial charge is 0.302 e. The molecule has 0 saturated carbocycles. The molecule has 12 heavy (non-hydrogen) atoms. The summed E-state index contributed by atoms with van der Waals surface area (Å²) in [6, 6.07) is 0. The van der Waals surface area contributed by atoms with Crippen LogP contribution in [0.4, 0.5) is 0 Å². The zero-order valence-electron chi connectivity index (χ0n) is 6.99. The molecule has 2 rings (SSSR count). The molecule has 0 aliphatic carbocycles. The molecule has 0 amide bonds. The Balaban J connectivity index is 1.95. The van der Waals surface area contributed by atoms with Crippen LogP contribution in [0.1, 0.15) is 13.3 Å². The van der Waals surface area contributed by atoms with E-state index in [9.17, 15) is 4.79 Å². The third-order valence-corrected chi connectivity index (χ3v) is 2.30. The van der Waals surface area contributed by atoms with Crippen LogP contribution in [0.2, 0.25) is 0 Å². The summed E-state index contributed by atoms with van der Waals surface area (Å²) < 4.78 is 15.6. The molecule has 3 atom stereocenters. The molecule has 2 aliphatic rings. The normalized spacial score (nSPS) is 39.6. The van der Waals surface area contributed by atoms with Crippen LogP contribution in [0.3, 0.4) is 0 Å². The summed E-state index contributed by atoms with van der Waals surface area (Å²) in [6.45, 7) is 2.62. The second-order valence-corrected chi connectivity index (χ2v) is 3.17. The molecule has 0 spiro atoms. The fourth-order valence-electron chi connectivity index (χ4n) is 1.76. The quantitative estimate of drug-likeness (QED) is 0.534. The molecule has 0 N–H and O–H groups in total. The maximum Gasteiger partial charge on any atom is 0.302 e. The van der Waals surface area contributed by atoms with Gasteiger partial charge in [0.05, 0.1) is 19.1 Å². The highest BCUT2D eigenvalue weighted by atomic mass is 16.7. The van der Waals surface area contributed by atoms with Crippen LogP contribution in [-0.4, -0.2) is 31.6 Å². The summed E-state index contributed by atoms with van der Waals surface area (Å²) in [6.07, 6.45) is 0.715. The first-order valence-corrected chi connectivity index (χ1v) is 4.18. The molecule has 0 aromatic rings. The Kier molecular flexibility index (Phi) is 2.02. The van der Waals surface area contributed by atoms with Gasteiger partial charge in [0.1, 0.15) is 6.10 Å². The van der Waals surface area contributed by atoms with Gasteiger partial charge in [-0.05, 0) is 6.42 Å². The van der Waals surface area contributed by atoms with E-state index in [1.165, 1.54) is 6.92 Å². The number of hydrogen-bond donors (Lipinski definition) is 0. The molecule has 2 aliphatic heterocycles. The van der Waals surface area contributed by atoms with Crippen LogP contribution >= 0.6 is 0 Å². The lowest BCUT2D eigenvalue weighted by Crippen LogP contribution is -2.25. The number of esters is 1. The highest BCUT2D eigenvalue weighted by Crippen LogP contribution is 2.32. The van der Waals surface area contributed by atoms with Crippen molar-refractivity contribution >= 4 is 5.97 Å². The van der Waals surface area contributed by atoms with Gasteiger partial charge in [-0.15, -0.1) is 0 Å². The Morgan fingerprint density at radius 1 is 1.50 bits per heavy atom. The van der Waals surface area contributed by atoms with Crippen LogP contribution in [-0.2, 0) is 19.0 Å². The number of rotatable bonds is 1. The average Bonchev–Trinajstić information content (AvgIpc) is 2.52. The molecule has 4 nitrogen and oxygen atoms in total. The zero-order valence-corrected chi connectivity index (χ0v) is 6.99. The summed E-state index contributed by atoms with van der Waals surface area (Å²) in [5.41, 5.74) is 0. The van der Waals surface area contributed by atoms with E-state index in [1.54, 1.807) is 0 Å². The Labute approximate surface area is 70.8 Å².